The van der Waals surface area contributed by atoms with Gasteiger partial charge in [-0.25, -0.2) is 4.98 Å². The number of hydrogen-bond acceptors (Lipinski definition) is 4. The average molecular weight is 338 g/mol. The molecule has 0 aliphatic heterocycles. The van der Waals surface area contributed by atoms with Crippen LogP contribution >= 0.6 is 23.2 Å². The highest BCUT2D eigenvalue weighted by molar-refractivity contribution is 6.42. The summed E-state index contributed by atoms with van der Waals surface area (Å²) in [7, 11) is 1.38. The first kappa shape index (κ1) is 14.6. The summed E-state index contributed by atoms with van der Waals surface area (Å²) in [6, 6.07) is 7.91. The van der Waals surface area contributed by atoms with E-state index in [1.165, 1.54) is 19.2 Å². The maximum Gasteiger partial charge on any atom is 0.311 e. The number of nitrogens with one attached hydrogen (secondary N) is 1. The Bertz CT molecular complexity index is 853. The number of nitro groups is 1. The lowest BCUT2D eigenvalue weighted by atomic mass is 10.2. The molecule has 0 saturated heterocycles. The Balaban J connectivity index is 2.15. The smallest absolute Gasteiger partial charge is 0.311 e. The van der Waals surface area contributed by atoms with Gasteiger partial charge in [0.2, 0.25) is 0 Å². The Morgan fingerprint density at radius 2 is 1.95 bits per heavy atom. The van der Waals surface area contributed by atoms with Crippen molar-refractivity contribution in [2.75, 3.05) is 7.11 Å². The van der Waals surface area contributed by atoms with Crippen molar-refractivity contribution in [3.8, 4) is 17.1 Å². The number of aromatic nitrogens is 2. The van der Waals surface area contributed by atoms with Gasteiger partial charge in [-0.3, -0.25) is 10.1 Å². The molecule has 0 bridgehead atoms. The van der Waals surface area contributed by atoms with Gasteiger partial charge in [-0.15, -0.1) is 0 Å². The van der Waals surface area contributed by atoms with E-state index in [9.17, 15) is 10.1 Å². The zero-order valence-corrected chi connectivity index (χ0v) is 12.8. The van der Waals surface area contributed by atoms with Gasteiger partial charge in [-0.1, -0.05) is 23.2 Å². The molecule has 6 nitrogen and oxygen atoms in total. The van der Waals surface area contributed by atoms with E-state index in [1.54, 1.807) is 18.2 Å². The highest BCUT2D eigenvalue weighted by Gasteiger charge is 2.17. The summed E-state index contributed by atoms with van der Waals surface area (Å²) in [5.74, 6) is 0.676. The quantitative estimate of drug-likeness (QED) is 0.565. The highest BCUT2D eigenvalue weighted by Crippen LogP contribution is 2.33. The molecule has 0 aliphatic rings. The van der Waals surface area contributed by atoms with Gasteiger partial charge < -0.3 is 9.72 Å². The van der Waals surface area contributed by atoms with Crippen LogP contribution in [0.4, 0.5) is 5.69 Å². The molecule has 0 spiro atoms. The van der Waals surface area contributed by atoms with E-state index in [2.05, 4.69) is 9.97 Å². The SMILES string of the molecule is COc1ccc(-c2nc3cc(Cl)c(Cl)cc3[nH]2)cc1[N+](=O)[O-]. The van der Waals surface area contributed by atoms with Gasteiger partial charge in [0, 0.05) is 11.6 Å². The predicted octanol–water partition coefficient (Wildman–Crippen LogP) is 4.45. The molecule has 112 valence electrons. The van der Waals surface area contributed by atoms with Crippen molar-refractivity contribution in [2.24, 2.45) is 0 Å². The monoisotopic (exact) mass is 337 g/mol. The van der Waals surface area contributed by atoms with Crippen LogP contribution in [0.5, 0.6) is 5.75 Å². The summed E-state index contributed by atoms with van der Waals surface area (Å²) in [5, 5.41) is 11.9. The first-order chi connectivity index (χ1) is 10.5. The molecule has 0 unspecified atom stereocenters. The predicted molar refractivity (Wildman–Crippen MR) is 84.8 cm³/mol. The molecule has 8 heteroatoms. The van der Waals surface area contributed by atoms with E-state index in [0.717, 1.165) is 0 Å². The number of fused-ring (bicyclic) bond motifs is 1. The lowest BCUT2D eigenvalue weighted by Crippen LogP contribution is -1.94. The van der Waals surface area contributed by atoms with Crippen LogP contribution in [-0.4, -0.2) is 22.0 Å². The molecule has 1 aromatic heterocycles. The van der Waals surface area contributed by atoms with E-state index < -0.39 is 4.92 Å². The Hall–Kier alpha value is -2.31. The number of ether oxygens (including phenoxy) is 1. The lowest BCUT2D eigenvalue weighted by Gasteiger charge is -2.02. The maximum absolute atomic E-state index is 11.1. The van der Waals surface area contributed by atoms with Crippen LogP contribution in [0.15, 0.2) is 30.3 Å². The van der Waals surface area contributed by atoms with Gasteiger partial charge in [0.15, 0.2) is 5.75 Å². The third-order valence-corrected chi connectivity index (χ3v) is 3.90. The molecular formula is C14H9Cl2N3O3. The summed E-state index contributed by atoms with van der Waals surface area (Å²) in [6.45, 7) is 0. The summed E-state index contributed by atoms with van der Waals surface area (Å²) in [6.07, 6.45) is 0. The lowest BCUT2D eigenvalue weighted by molar-refractivity contribution is -0.385. The molecule has 22 heavy (non-hydrogen) atoms. The number of rotatable bonds is 3. The number of nitro benzene ring substituents is 1. The minimum Gasteiger partial charge on any atom is -0.490 e. The van der Waals surface area contributed by atoms with E-state index in [0.29, 0.717) is 32.5 Å². The molecular weight excluding hydrogens is 329 g/mol. The number of imidazole rings is 1. The van der Waals surface area contributed by atoms with Crippen LogP contribution in [0.2, 0.25) is 10.0 Å². The van der Waals surface area contributed by atoms with Crippen molar-refractivity contribution in [1.82, 2.24) is 9.97 Å². The number of nitrogens with zero attached hydrogens (tertiary/aromatic N) is 2. The fourth-order valence-corrected chi connectivity index (χ4v) is 2.44. The van der Waals surface area contributed by atoms with Crippen molar-refractivity contribution in [1.29, 1.82) is 0 Å². The maximum atomic E-state index is 11.1. The van der Waals surface area contributed by atoms with Crippen molar-refractivity contribution >= 4 is 39.9 Å². The molecule has 3 aromatic rings. The minimum atomic E-state index is -0.501. The second-order valence-corrected chi connectivity index (χ2v) is 5.33. The molecule has 0 atom stereocenters. The first-order valence-electron chi connectivity index (χ1n) is 6.17. The number of benzene rings is 2. The summed E-state index contributed by atoms with van der Waals surface area (Å²) in [4.78, 5) is 18.0. The third kappa shape index (κ3) is 2.47. The van der Waals surface area contributed by atoms with Crippen LogP contribution < -0.4 is 4.74 Å². The largest absolute Gasteiger partial charge is 0.490 e. The summed E-state index contributed by atoms with van der Waals surface area (Å²) in [5.41, 5.74) is 1.76. The minimum absolute atomic E-state index is 0.128. The van der Waals surface area contributed by atoms with E-state index >= 15 is 0 Å². The van der Waals surface area contributed by atoms with E-state index in [-0.39, 0.29) is 11.4 Å². The standard InChI is InChI=1S/C14H9Cl2N3O3/c1-22-13-3-2-7(4-12(13)19(20)21)14-17-10-5-8(15)9(16)6-11(10)18-14/h2-6H,1H3,(H,17,18). The van der Waals surface area contributed by atoms with Crippen LogP contribution in [0.1, 0.15) is 0 Å². The normalized spacial score (nSPS) is 10.9. The number of halogens is 2. The van der Waals surface area contributed by atoms with Gasteiger partial charge in [0.1, 0.15) is 5.82 Å². The van der Waals surface area contributed by atoms with Gasteiger partial charge in [-0.05, 0) is 24.3 Å². The Morgan fingerprint density at radius 3 is 2.64 bits per heavy atom. The molecule has 0 saturated carbocycles. The van der Waals surface area contributed by atoms with Crippen molar-refractivity contribution in [3.63, 3.8) is 0 Å². The molecule has 0 aliphatic carbocycles. The second-order valence-electron chi connectivity index (χ2n) is 4.51. The molecule has 1 N–H and O–H groups in total. The third-order valence-electron chi connectivity index (χ3n) is 3.17. The van der Waals surface area contributed by atoms with Crippen molar-refractivity contribution < 1.29 is 9.66 Å². The first-order valence-corrected chi connectivity index (χ1v) is 6.92. The zero-order valence-electron chi connectivity index (χ0n) is 11.3. The zero-order chi connectivity index (χ0) is 15.9. The summed E-state index contributed by atoms with van der Waals surface area (Å²) >= 11 is 11.9. The molecule has 0 fully saturated rings. The Kier molecular flexibility index (Phi) is 3.64. The molecule has 2 aromatic carbocycles. The fraction of sp³-hybridized carbons (Fsp3) is 0.0714. The Morgan fingerprint density at radius 1 is 1.23 bits per heavy atom. The van der Waals surface area contributed by atoms with Gasteiger partial charge >= 0.3 is 5.69 Å². The van der Waals surface area contributed by atoms with Crippen LogP contribution in [-0.2, 0) is 0 Å². The highest BCUT2D eigenvalue weighted by atomic mass is 35.5. The van der Waals surface area contributed by atoms with Gasteiger partial charge in [0.25, 0.3) is 0 Å². The number of hydrogen-bond donors (Lipinski definition) is 1. The Labute approximate surface area is 134 Å². The molecule has 0 radical (unpaired) electrons. The van der Waals surface area contributed by atoms with Crippen LogP contribution in [0.25, 0.3) is 22.4 Å². The molecule has 0 amide bonds. The number of methoxy groups -OCH3 is 1. The topological polar surface area (TPSA) is 81.0 Å². The van der Waals surface area contributed by atoms with Crippen LogP contribution in [0, 0.1) is 10.1 Å². The van der Waals surface area contributed by atoms with Crippen molar-refractivity contribution in [2.45, 2.75) is 0 Å². The second kappa shape index (κ2) is 5.47. The van der Waals surface area contributed by atoms with Gasteiger partial charge in [0.05, 0.1) is 33.1 Å². The molecule has 1 heterocycles. The van der Waals surface area contributed by atoms with Gasteiger partial charge in [-0.2, -0.15) is 0 Å². The van der Waals surface area contributed by atoms with E-state index in [4.69, 9.17) is 27.9 Å². The van der Waals surface area contributed by atoms with Crippen molar-refractivity contribution in [3.05, 3.63) is 50.5 Å². The molecule has 3 rings (SSSR count). The fourth-order valence-electron chi connectivity index (χ4n) is 2.12. The van der Waals surface area contributed by atoms with Crippen LogP contribution in [0.3, 0.4) is 0 Å². The number of aromatic amines is 1. The number of H-pyrrole nitrogens is 1. The van der Waals surface area contributed by atoms with E-state index in [1.807, 2.05) is 0 Å². The summed E-state index contributed by atoms with van der Waals surface area (Å²) < 4.78 is 4.98. The average Bonchev–Trinajstić information content (AvgIpc) is 2.89.